The van der Waals surface area contributed by atoms with Gasteiger partial charge in [0.2, 0.25) is 0 Å². The van der Waals surface area contributed by atoms with Crippen LogP contribution in [0.2, 0.25) is 0 Å². The van der Waals surface area contributed by atoms with Crippen LogP contribution in [0.5, 0.6) is 0 Å². The quantitative estimate of drug-likeness (QED) is 0.492. The van der Waals surface area contributed by atoms with Crippen LogP contribution in [-0.2, 0) is 4.74 Å². The molecule has 2 nitrogen and oxygen atoms in total. The second-order valence-corrected chi connectivity index (χ2v) is 11.8. The van der Waals surface area contributed by atoms with E-state index in [2.05, 4.69) is 65.8 Å². The molecule has 2 fully saturated rings. The molecule has 4 aliphatic rings. The van der Waals surface area contributed by atoms with E-state index in [0.29, 0.717) is 35.5 Å². The summed E-state index contributed by atoms with van der Waals surface area (Å²) in [7, 11) is 0. The molecular weight excluding hydrogens is 368 g/mol. The van der Waals surface area contributed by atoms with Gasteiger partial charge in [-0.25, -0.2) is 0 Å². The minimum absolute atomic E-state index is 0.0835. The lowest BCUT2D eigenvalue weighted by molar-refractivity contribution is 0.0165. The summed E-state index contributed by atoms with van der Waals surface area (Å²) in [4.78, 5) is 0. The Morgan fingerprint density at radius 2 is 1.83 bits per heavy atom. The van der Waals surface area contributed by atoms with E-state index in [1.165, 1.54) is 24.4 Å². The first-order valence-corrected chi connectivity index (χ1v) is 12.6. The predicted molar refractivity (Wildman–Crippen MR) is 125 cm³/mol. The lowest BCUT2D eigenvalue weighted by Gasteiger charge is -2.42. The maximum absolute atomic E-state index is 10.3. The van der Waals surface area contributed by atoms with Crippen LogP contribution in [0.25, 0.3) is 0 Å². The molecule has 2 saturated carbocycles. The number of hydrogen-bond acceptors (Lipinski definition) is 2. The van der Waals surface area contributed by atoms with Crippen molar-refractivity contribution in [3.8, 4) is 0 Å². The van der Waals surface area contributed by atoms with Gasteiger partial charge in [-0.05, 0) is 92.1 Å². The van der Waals surface area contributed by atoms with Gasteiger partial charge in [-0.15, -0.1) is 0 Å². The highest BCUT2D eigenvalue weighted by Crippen LogP contribution is 2.61. The fraction of sp³-hybridized carbons (Fsp3) is 0.786. The van der Waals surface area contributed by atoms with E-state index in [9.17, 15) is 5.11 Å². The number of aliphatic hydroxyl groups excluding tert-OH is 1. The van der Waals surface area contributed by atoms with Gasteiger partial charge in [-0.1, -0.05) is 53.7 Å². The van der Waals surface area contributed by atoms with Gasteiger partial charge in [0.1, 0.15) is 11.5 Å². The van der Waals surface area contributed by atoms with Gasteiger partial charge in [-0.3, -0.25) is 0 Å². The highest BCUT2D eigenvalue weighted by atomic mass is 16.5. The number of allylic oxidation sites excluding steroid dienone is 6. The van der Waals surface area contributed by atoms with Crippen molar-refractivity contribution < 1.29 is 9.84 Å². The first-order chi connectivity index (χ1) is 14.1. The Hall–Kier alpha value is -1.02. The van der Waals surface area contributed by atoms with E-state index < -0.39 is 0 Å². The molecule has 0 saturated heterocycles. The van der Waals surface area contributed by atoms with Crippen LogP contribution < -0.4 is 0 Å². The molecule has 0 aromatic carbocycles. The van der Waals surface area contributed by atoms with E-state index in [1.807, 2.05) is 0 Å². The van der Waals surface area contributed by atoms with Crippen LogP contribution in [0.1, 0.15) is 86.5 Å². The average molecular weight is 413 g/mol. The number of rotatable bonds is 4. The Morgan fingerprint density at radius 3 is 2.57 bits per heavy atom. The van der Waals surface area contributed by atoms with E-state index in [-0.39, 0.29) is 16.9 Å². The minimum atomic E-state index is -0.135. The Morgan fingerprint density at radius 1 is 1.07 bits per heavy atom. The molecule has 168 valence electrons. The van der Waals surface area contributed by atoms with Gasteiger partial charge in [0, 0.05) is 11.3 Å². The van der Waals surface area contributed by atoms with Crippen LogP contribution in [-0.4, -0.2) is 11.2 Å². The summed E-state index contributed by atoms with van der Waals surface area (Å²) in [6.45, 7) is 14.3. The molecule has 2 heterocycles. The van der Waals surface area contributed by atoms with Gasteiger partial charge in [-0.2, -0.15) is 0 Å². The Balaban J connectivity index is 1.61. The summed E-state index contributed by atoms with van der Waals surface area (Å²) in [6, 6.07) is 0. The molecule has 0 aromatic heterocycles. The Bertz CT molecular complexity index is 731. The first-order valence-electron chi connectivity index (χ1n) is 12.6. The lowest BCUT2D eigenvalue weighted by Crippen LogP contribution is -2.37. The SMILES string of the molecule is CC(C)[C@H](C)/C=C/[C@@H](C)[C@H]1CC[C@H]2C3=CC[C@H]4C[C@@H](O)CC[C@]4(C)C(=CC[C@]12C)O3. The summed E-state index contributed by atoms with van der Waals surface area (Å²) >= 11 is 0. The highest BCUT2D eigenvalue weighted by Gasteiger charge is 2.53. The molecule has 4 rings (SSSR count). The fourth-order valence-electron chi connectivity index (χ4n) is 7.00. The second-order valence-electron chi connectivity index (χ2n) is 11.8. The smallest absolute Gasteiger partial charge is 0.106 e. The monoisotopic (exact) mass is 412 g/mol. The largest absolute Gasteiger partial charge is 0.466 e. The number of hydrogen-bond donors (Lipinski definition) is 1. The van der Waals surface area contributed by atoms with Crippen LogP contribution in [0.4, 0.5) is 0 Å². The van der Waals surface area contributed by atoms with Gasteiger partial charge in [0.05, 0.1) is 6.10 Å². The molecule has 0 amide bonds. The maximum atomic E-state index is 10.3. The first kappa shape index (κ1) is 22.2. The maximum Gasteiger partial charge on any atom is 0.106 e. The molecule has 2 heteroatoms. The van der Waals surface area contributed by atoms with Crippen molar-refractivity contribution in [1.29, 1.82) is 0 Å². The third-order valence-corrected chi connectivity index (χ3v) is 9.73. The standard InChI is InChI=1S/C28H44O2/c1-18(2)19(3)7-8-20(4)23-10-11-24-25-12-9-21-17-22(29)13-15-27(21,5)26(30-25)14-16-28(23,24)6/h7-8,12,14,18-24,29H,9-11,13,15-17H2,1-6H3/b8-7+/t19-,20-,21+,22+,23-,24+,27+,28-/m1/s1. The zero-order valence-corrected chi connectivity index (χ0v) is 20.2. The third kappa shape index (κ3) is 3.72. The van der Waals surface area contributed by atoms with Crippen LogP contribution >= 0.6 is 0 Å². The normalized spacial score (nSPS) is 43.1. The van der Waals surface area contributed by atoms with Crippen LogP contribution in [0.3, 0.4) is 0 Å². The molecule has 2 aliphatic carbocycles. The van der Waals surface area contributed by atoms with E-state index in [4.69, 9.17) is 4.74 Å². The van der Waals surface area contributed by atoms with Gasteiger partial charge < -0.3 is 9.84 Å². The van der Waals surface area contributed by atoms with Gasteiger partial charge >= 0.3 is 0 Å². The zero-order valence-electron chi connectivity index (χ0n) is 20.2. The Labute approximate surface area is 184 Å². The fourth-order valence-corrected chi connectivity index (χ4v) is 7.00. The molecule has 30 heavy (non-hydrogen) atoms. The van der Waals surface area contributed by atoms with Crippen LogP contribution in [0, 0.1) is 46.3 Å². The molecule has 0 aromatic rings. The topological polar surface area (TPSA) is 29.5 Å². The number of aliphatic hydroxyl groups is 1. The third-order valence-electron chi connectivity index (χ3n) is 9.73. The number of fused-ring (bicyclic) bond motifs is 6. The zero-order chi connectivity index (χ0) is 21.7. The van der Waals surface area contributed by atoms with E-state index >= 15 is 0 Å². The molecule has 1 N–H and O–H groups in total. The van der Waals surface area contributed by atoms with Gasteiger partial charge in [0.15, 0.2) is 0 Å². The summed E-state index contributed by atoms with van der Waals surface area (Å²) in [5.74, 6) is 6.16. The molecule has 0 unspecified atom stereocenters. The lowest BCUT2D eigenvalue weighted by atomic mass is 9.62. The average Bonchev–Trinajstić information content (AvgIpc) is 2.88. The van der Waals surface area contributed by atoms with Crippen LogP contribution in [0.15, 0.2) is 35.8 Å². The van der Waals surface area contributed by atoms with Crippen molar-refractivity contribution in [1.82, 2.24) is 0 Å². The highest BCUT2D eigenvalue weighted by molar-refractivity contribution is 5.25. The molecular formula is C28H44O2. The molecule has 8 atom stereocenters. The Kier molecular flexibility index (Phi) is 6.03. The molecule has 2 bridgehead atoms. The van der Waals surface area contributed by atoms with Crippen molar-refractivity contribution in [3.63, 3.8) is 0 Å². The molecule has 2 aliphatic heterocycles. The van der Waals surface area contributed by atoms with Crippen molar-refractivity contribution in [3.05, 3.63) is 35.8 Å². The summed E-state index contributed by atoms with van der Waals surface area (Å²) < 4.78 is 6.74. The molecule has 0 spiro atoms. The predicted octanol–water partition coefficient (Wildman–Crippen LogP) is 7.26. The minimum Gasteiger partial charge on any atom is -0.466 e. The number of ether oxygens (including phenoxy) is 1. The molecule has 0 radical (unpaired) electrons. The van der Waals surface area contributed by atoms with Crippen molar-refractivity contribution in [2.45, 2.75) is 92.6 Å². The second kappa shape index (κ2) is 8.15. The van der Waals surface area contributed by atoms with E-state index in [0.717, 1.165) is 32.1 Å². The van der Waals surface area contributed by atoms with Gasteiger partial charge in [0.25, 0.3) is 0 Å². The van der Waals surface area contributed by atoms with Crippen molar-refractivity contribution in [2.24, 2.45) is 46.3 Å². The van der Waals surface area contributed by atoms with E-state index in [1.54, 1.807) is 0 Å². The summed E-state index contributed by atoms with van der Waals surface area (Å²) in [5.41, 5.74) is 0.357. The van der Waals surface area contributed by atoms with Crippen molar-refractivity contribution >= 4 is 0 Å². The summed E-state index contributed by atoms with van der Waals surface area (Å²) in [5, 5.41) is 10.3. The van der Waals surface area contributed by atoms with Crippen molar-refractivity contribution in [2.75, 3.05) is 0 Å². The summed E-state index contributed by atoms with van der Waals surface area (Å²) in [6.07, 6.45) is 17.3.